The maximum absolute atomic E-state index is 12.2. The molecular weight excluding hydrogens is 242 g/mol. The Morgan fingerprint density at radius 1 is 1.37 bits per heavy atom. The summed E-state index contributed by atoms with van der Waals surface area (Å²) in [7, 11) is 1.39. The Hall–Kier alpha value is -1.39. The second kappa shape index (κ2) is 7.26. The number of ether oxygens (including phenoxy) is 1. The number of benzene rings is 1. The maximum Gasteiger partial charge on any atom is 0.317 e. The van der Waals surface area contributed by atoms with Gasteiger partial charge in [0.1, 0.15) is 5.41 Å². The first kappa shape index (κ1) is 15.7. The minimum absolute atomic E-state index is 0.121. The lowest BCUT2D eigenvalue weighted by molar-refractivity contribution is -0.147. The van der Waals surface area contributed by atoms with Crippen molar-refractivity contribution in [3.8, 4) is 0 Å². The summed E-state index contributed by atoms with van der Waals surface area (Å²) in [4.78, 5) is 12.2. The fraction of sp³-hybridized carbons (Fsp3) is 0.533. The van der Waals surface area contributed by atoms with Gasteiger partial charge in [0.25, 0.3) is 0 Å². The molecular formula is C15H23NO3. The molecule has 1 unspecified atom stereocenters. The van der Waals surface area contributed by atoms with Gasteiger partial charge < -0.3 is 15.6 Å². The molecule has 0 aliphatic heterocycles. The van der Waals surface area contributed by atoms with Crippen LogP contribution in [0.1, 0.15) is 30.4 Å². The summed E-state index contributed by atoms with van der Waals surface area (Å²) in [6, 6.07) is 7.74. The zero-order chi connectivity index (χ0) is 14.3. The number of carbonyl (C=O) groups is 1. The highest BCUT2D eigenvalue weighted by molar-refractivity contribution is 5.84. The Bertz CT molecular complexity index is 420. The SMILES string of the molecule is COC(=O)C(CN)(CCCCO)c1ccccc1C. The van der Waals surface area contributed by atoms with E-state index in [9.17, 15) is 4.79 Å². The van der Waals surface area contributed by atoms with Crippen molar-refractivity contribution in [3.63, 3.8) is 0 Å². The van der Waals surface area contributed by atoms with Crippen molar-refractivity contribution in [1.82, 2.24) is 0 Å². The van der Waals surface area contributed by atoms with Gasteiger partial charge in [0.05, 0.1) is 7.11 Å². The highest BCUT2D eigenvalue weighted by Gasteiger charge is 2.40. The second-order valence-corrected chi connectivity index (χ2v) is 4.77. The van der Waals surface area contributed by atoms with Crippen LogP contribution in [0.15, 0.2) is 24.3 Å². The van der Waals surface area contributed by atoms with E-state index in [-0.39, 0.29) is 19.1 Å². The van der Waals surface area contributed by atoms with Gasteiger partial charge in [0, 0.05) is 13.2 Å². The molecule has 0 amide bonds. The number of methoxy groups -OCH3 is 1. The summed E-state index contributed by atoms with van der Waals surface area (Å²) < 4.78 is 4.97. The van der Waals surface area contributed by atoms with Crippen LogP contribution < -0.4 is 5.73 Å². The van der Waals surface area contributed by atoms with Gasteiger partial charge >= 0.3 is 5.97 Å². The molecule has 4 heteroatoms. The van der Waals surface area contributed by atoms with Crippen molar-refractivity contribution in [3.05, 3.63) is 35.4 Å². The highest BCUT2D eigenvalue weighted by atomic mass is 16.5. The molecule has 1 atom stereocenters. The van der Waals surface area contributed by atoms with Gasteiger partial charge in [0.2, 0.25) is 0 Å². The molecule has 4 nitrogen and oxygen atoms in total. The second-order valence-electron chi connectivity index (χ2n) is 4.77. The van der Waals surface area contributed by atoms with Gasteiger partial charge in [-0.2, -0.15) is 0 Å². The van der Waals surface area contributed by atoms with E-state index in [4.69, 9.17) is 15.6 Å². The Morgan fingerprint density at radius 3 is 2.58 bits per heavy atom. The van der Waals surface area contributed by atoms with Crippen molar-refractivity contribution in [2.75, 3.05) is 20.3 Å². The number of aliphatic hydroxyl groups excluding tert-OH is 1. The van der Waals surface area contributed by atoms with Crippen LogP contribution in [0.25, 0.3) is 0 Å². The summed E-state index contributed by atoms with van der Waals surface area (Å²) in [5.41, 5.74) is 7.04. The van der Waals surface area contributed by atoms with Gasteiger partial charge in [-0.3, -0.25) is 4.79 Å². The lowest BCUT2D eigenvalue weighted by atomic mass is 9.74. The van der Waals surface area contributed by atoms with Crippen LogP contribution in [0.2, 0.25) is 0 Å². The highest BCUT2D eigenvalue weighted by Crippen LogP contribution is 2.32. The van der Waals surface area contributed by atoms with Gasteiger partial charge in [0.15, 0.2) is 0 Å². The molecule has 0 heterocycles. The molecule has 19 heavy (non-hydrogen) atoms. The number of nitrogens with two attached hydrogens (primary N) is 1. The summed E-state index contributed by atoms with van der Waals surface area (Å²) in [6.07, 6.45) is 1.98. The molecule has 0 fully saturated rings. The summed E-state index contributed by atoms with van der Waals surface area (Å²) in [5, 5.41) is 8.91. The van der Waals surface area contributed by atoms with Gasteiger partial charge in [-0.15, -0.1) is 0 Å². The van der Waals surface area contributed by atoms with Crippen molar-refractivity contribution < 1.29 is 14.6 Å². The number of rotatable bonds is 7. The minimum Gasteiger partial charge on any atom is -0.468 e. The van der Waals surface area contributed by atoms with Crippen LogP contribution in [0.4, 0.5) is 0 Å². The van der Waals surface area contributed by atoms with Gasteiger partial charge in [-0.25, -0.2) is 0 Å². The van der Waals surface area contributed by atoms with E-state index in [1.54, 1.807) is 0 Å². The maximum atomic E-state index is 12.2. The van der Waals surface area contributed by atoms with Gasteiger partial charge in [-0.05, 0) is 37.3 Å². The van der Waals surface area contributed by atoms with Crippen molar-refractivity contribution in [2.45, 2.75) is 31.6 Å². The van der Waals surface area contributed by atoms with E-state index in [0.717, 1.165) is 17.5 Å². The van der Waals surface area contributed by atoms with E-state index in [0.29, 0.717) is 12.8 Å². The van der Waals surface area contributed by atoms with E-state index in [1.807, 2.05) is 31.2 Å². The number of carbonyl (C=O) groups excluding carboxylic acids is 1. The standard InChI is InChI=1S/C15H23NO3/c1-12-7-3-4-8-13(12)15(11-16,14(18)19-2)9-5-6-10-17/h3-4,7-8,17H,5-6,9-11,16H2,1-2H3. The van der Waals surface area contributed by atoms with Crippen molar-refractivity contribution in [2.24, 2.45) is 5.73 Å². The molecule has 1 aromatic rings. The molecule has 1 aromatic carbocycles. The monoisotopic (exact) mass is 265 g/mol. The molecule has 0 aromatic heterocycles. The van der Waals surface area contributed by atoms with Crippen LogP contribution in [0.5, 0.6) is 0 Å². The van der Waals surface area contributed by atoms with Crippen LogP contribution in [-0.2, 0) is 14.9 Å². The summed E-state index contributed by atoms with van der Waals surface area (Å²) in [5.74, 6) is -0.303. The molecule has 0 spiro atoms. The Labute approximate surface area is 114 Å². The molecule has 0 saturated heterocycles. The molecule has 106 valence electrons. The van der Waals surface area contributed by atoms with Crippen LogP contribution in [0, 0.1) is 6.92 Å². The third-order valence-corrected chi connectivity index (χ3v) is 3.60. The van der Waals surface area contributed by atoms with E-state index < -0.39 is 5.41 Å². The smallest absolute Gasteiger partial charge is 0.317 e. The first-order valence-corrected chi connectivity index (χ1v) is 6.58. The Morgan fingerprint density at radius 2 is 2.05 bits per heavy atom. The molecule has 3 N–H and O–H groups in total. The third kappa shape index (κ3) is 3.33. The van der Waals surface area contributed by atoms with Crippen LogP contribution in [0.3, 0.4) is 0 Å². The molecule has 0 saturated carbocycles. The van der Waals surface area contributed by atoms with E-state index in [2.05, 4.69) is 0 Å². The third-order valence-electron chi connectivity index (χ3n) is 3.60. The number of hydrogen-bond acceptors (Lipinski definition) is 4. The number of aryl methyl sites for hydroxylation is 1. The number of aliphatic hydroxyl groups is 1. The number of hydrogen-bond donors (Lipinski definition) is 2. The molecule has 0 bridgehead atoms. The van der Waals surface area contributed by atoms with Crippen molar-refractivity contribution in [1.29, 1.82) is 0 Å². The average Bonchev–Trinajstić information content (AvgIpc) is 2.44. The average molecular weight is 265 g/mol. The zero-order valence-electron chi connectivity index (χ0n) is 11.7. The van der Waals surface area contributed by atoms with Crippen molar-refractivity contribution >= 4 is 5.97 Å². The lowest BCUT2D eigenvalue weighted by Gasteiger charge is -2.31. The predicted molar refractivity (Wildman–Crippen MR) is 74.9 cm³/mol. The molecule has 0 aliphatic carbocycles. The molecule has 0 aliphatic rings. The van der Waals surface area contributed by atoms with Gasteiger partial charge in [-0.1, -0.05) is 24.3 Å². The zero-order valence-corrected chi connectivity index (χ0v) is 11.7. The van der Waals surface area contributed by atoms with Crippen LogP contribution >= 0.6 is 0 Å². The topological polar surface area (TPSA) is 72.5 Å². The molecule has 1 rings (SSSR count). The summed E-state index contributed by atoms with van der Waals surface area (Å²) in [6.45, 7) is 2.29. The first-order valence-electron chi connectivity index (χ1n) is 6.58. The van der Waals surface area contributed by atoms with Crippen LogP contribution in [-0.4, -0.2) is 31.3 Å². The number of esters is 1. The summed E-state index contributed by atoms with van der Waals surface area (Å²) >= 11 is 0. The normalized spacial score (nSPS) is 13.9. The quantitative estimate of drug-likeness (QED) is 0.579. The Balaban J connectivity index is 3.16. The molecule has 0 radical (unpaired) electrons. The Kier molecular flexibility index (Phi) is 5.99. The first-order chi connectivity index (χ1) is 9.12. The fourth-order valence-electron chi connectivity index (χ4n) is 2.49. The van der Waals surface area contributed by atoms with E-state index in [1.165, 1.54) is 7.11 Å². The number of unbranched alkanes of at least 4 members (excludes halogenated alkanes) is 1. The van der Waals surface area contributed by atoms with E-state index >= 15 is 0 Å². The minimum atomic E-state index is -0.810. The fourth-order valence-corrected chi connectivity index (χ4v) is 2.49. The predicted octanol–water partition coefficient (Wildman–Crippen LogP) is 1.53. The lowest BCUT2D eigenvalue weighted by Crippen LogP contribution is -2.44. The largest absolute Gasteiger partial charge is 0.468 e.